The monoisotopic (exact) mass is 257 g/mol. The average molecular weight is 257 g/mol. The number of nitrogens with one attached hydrogen (secondary N) is 1. The normalized spacial score (nSPS) is 11.9. The van der Waals surface area contributed by atoms with Crippen LogP contribution in [-0.2, 0) is 0 Å². The van der Waals surface area contributed by atoms with Crippen molar-refractivity contribution in [3.63, 3.8) is 0 Å². The summed E-state index contributed by atoms with van der Waals surface area (Å²) < 4.78 is 0. The Morgan fingerprint density at radius 3 is 2.58 bits per heavy atom. The Kier molecular flexibility index (Phi) is 4.20. The van der Waals surface area contributed by atoms with Crippen LogP contribution in [0.4, 0.5) is 0 Å². The van der Waals surface area contributed by atoms with E-state index in [1.165, 1.54) is 12.4 Å². The van der Waals surface area contributed by atoms with E-state index in [1.54, 1.807) is 6.92 Å². The van der Waals surface area contributed by atoms with Crippen LogP contribution >= 0.6 is 0 Å². The van der Waals surface area contributed by atoms with Crippen LogP contribution < -0.4 is 5.32 Å². The number of aromatic nitrogens is 2. The molecule has 5 nitrogen and oxygen atoms in total. The van der Waals surface area contributed by atoms with Crippen molar-refractivity contribution >= 4 is 5.91 Å². The van der Waals surface area contributed by atoms with Gasteiger partial charge in [-0.15, -0.1) is 0 Å². The third kappa shape index (κ3) is 3.35. The quantitative estimate of drug-likeness (QED) is 0.864. The molecule has 2 aromatic rings. The van der Waals surface area contributed by atoms with E-state index in [2.05, 4.69) is 15.3 Å². The first-order valence-electron chi connectivity index (χ1n) is 5.96. The second-order valence-electron chi connectivity index (χ2n) is 4.16. The number of hydrogen-bond donors (Lipinski definition) is 2. The molecule has 2 rings (SSSR count). The van der Waals surface area contributed by atoms with Gasteiger partial charge < -0.3 is 10.4 Å². The Labute approximate surface area is 111 Å². The summed E-state index contributed by atoms with van der Waals surface area (Å²) in [5.74, 6) is -0.351. The number of carbonyl (C=O) groups is 1. The predicted octanol–water partition coefficient (Wildman–Crippen LogP) is 1.25. The van der Waals surface area contributed by atoms with Gasteiger partial charge in [-0.1, -0.05) is 30.3 Å². The molecule has 0 spiro atoms. The number of rotatable bonds is 4. The van der Waals surface area contributed by atoms with Crippen molar-refractivity contribution < 1.29 is 9.90 Å². The number of hydrogen-bond acceptors (Lipinski definition) is 4. The second kappa shape index (κ2) is 6.06. The van der Waals surface area contributed by atoms with Crippen molar-refractivity contribution in [3.8, 4) is 0 Å². The summed E-state index contributed by atoms with van der Waals surface area (Å²) in [6, 6.07) is 8.85. The van der Waals surface area contributed by atoms with E-state index in [-0.39, 0.29) is 18.2 Å². The lowest BCUT2D eigenvalue weighted by Crippen LogP contribution is -2.31. The maximum absolute atomic E-state index is 12.0. The summed E-state index contributed by atoms with van der Waals surface area (Å²) in [6.45, 7) is 1.63. The zero-order valence-electron chi connectivity index (χ0n) is 10.6. The minimum atomic E-state index is -0.447. The molecule has 1 amide bonds. The molecule has 0 aliphatic rings. The molecule has 0 aliphatic carbocycles. The maximum Gasteiger partial charge on any atom is 0.272 e. The van der Waals surface area contributed by atoms with Crippen LogP contribution in [0.5, 0.6) is 0 Å². The second-order valence-corrected chi connectivity index (χ2v) is 4.16. The molecule has 2 N–H and O–H groups in total. The molecule has 1 heterocycles. The lowest BCUT2D eigenvalue weighted by atomic mass is 10.1. The molecule has 98 valence electrons. The van der Waals surface area contributed by atoms with E-state index < -0.39 is 6.04 Å². The first kappa shape index (κ1) is 13.2. The number of aliphatic hydroxyl groups excluding tert-OH is 1. The number of carbonyl (C=O) groups excluding carboxylic acids is 1. The number of benzene rings is 1. The molecule has 19 heavy (non-hydrogen) atoms. The Balaban J connectivity index is 2.10. The summed E-state index contributed by atoms with van der Waals surface area (Å²) in [5.41, 5.74) is 1.83. The molecule has 1 aromatic heterocycles. The Hall–Kier alpha value is -2.27. The van der Waals surface area contributed by atoms with Gasteiger partial charge in [0.05, 0.1) is 24.5 Å². The Morgan fingerprint density at radius 1 is 1.26 bits per heavy atom. The smallest absolute Gasteiger partial charge is 0.272 e. The van der Waals surface area contributed by atoms with E-state index in [0.29, 0.717) is 0 Å². The van der Waals surface area contributed by atoms with E-state index in [0.717, 1.165) is 11.3 Å². The lowest BCUT2D eigenvalue weighted by Gasteiger charge is -2.16. The topological polar surface area (TPSA) is 75.1 Å². The van der Waals surface area contributed by atoms with Crippen molar-refractivity contribution in [3.05, 3.63) is 59.7 Å². The van der Waals surface area contributed by atoms with E-state index in [9.17, 15) is 9.90 Å². The van der Waals surface area contributed by atoms with Crippen LogP contribution in [0, 0.1) is 6.92 Å². The van der Waals surface area contributed by atoms with Crippen LogP contribution in [0.25, 0.3) is 0 Å². The Morgan fingerprint density at radius 2 is 2.00 bits per heavy atom. The predicted molar refractivity (Wildman–Crippen MR) is 70.5 cm³/mol. The summed E-state index contributed by atoms with van der Waals surface area (Å²) in [7, 11) is 0. The van der Waals surface area contributed by atoms with Crippen molar-refractivity contribution in [2.24, 2.45) is 0 Å². The highest BCUT2D eigenvalue weighted by Gasteiger charge is 2.15. The molecule has 0 unspecified atom stereocenters. The van der Waals surface area contributed by atoms with Crippen molar-refractivity contribution in [2.45, 2.75) is 13.0 Å². The molecule has 1 aromatic carbocycles. The van der Waals surface area contributed by atoms with Gasteiger partial charge in [0.15, 0.2) is 0 Å². The standard InChI is InChI=1S/C14H15N3O2/c1-10-7-16-12(8-15-10)14(19)17-13(9-18)11-5-3-2-4-6-11/h2-8,13,18H,9H2,1H3,(H,17,19)/t13-/m1/s1. The van der Waals surface area contributed by atoms with Gasteiger partial charge in [-0.25, -0.2) is 4.98 Å². The van der Waals surface area contributed by atoms with Gasteiger partial charge in [0.25, 0.3) is 5.91 Å². The van der Waals surface area contributed by atoms with Crippen LogP contribution in [0.1, 0.15) is 27.8 Å². The zero-order chi connectivity index (χ0) is 13.7. The minimum absolute atomic E-state index is 0.172. The fraction of sp³-hybridized carbons (Fsp3) is 0.214. The molecule has 0 bridgehead atoms. The van der Waals surface area contributed by atoms with Crippen molar-refractivity contribution in [2.75, 3.05) is 6.61 Å². The third-order valence-corrected chi connectivity index (χ3v) is 2.70. The zero-order valence-corrected chi connectivity index (χ0v) is 10.6. The van der Waals surface area contributed by atoms with Crippen LogP contribution in [-0.4, -0.2) is 27.6 Å². The van der Waals surface area contributed by atoms with Gasteiger partial charge in [-0.05, 0) is 12.5 Å². The maximum atomic E-state index is 12.0. The molecule has 0 saturated carbocycles. The van der Waals surface area contributed by atoms with Gasteiger partial charge in [0.2, 0.25) is 0 Å². The van der Waals surface area contributed by atoms with Crippen LogP contribution in [0.15, 0.2) is 42.7 Å². The molecule has 0 saturated heterocycles. The molecule has 0 fully saturated rings. The largest absolute Gasteiger partial charge is 0.394 e. The first-order valence-corrected chi connectivity index (χ1v) is 5.96. The molecular formula is C14H15N3O2. The number of amides is 1. The molecular weight excluding hydrogens is 242 g/mol. The Bertz CT molecular complexity index is 540. The SMILES string of the molecule is Cc1cnc(C(=O)N[C@H](CO)c2ccccc2)cn1. The lowest BCUT2D eigenvalue weighted by molar-refractivity contribution is 0.0910. The first-order chi connectivity index (χ1) is 9.20. The van der Waals surface area contributed by atoms with Gasteiger partial charge in [-0.3, -0.25) is 9.78 Å². The molecule has 0 radical (unpaired) electrons. The van der Waals surface area contributed by atoms with Gasteiger partial charge in [0.1, 0.15) is 5.69 Å². The van der Waals surface area contributed by atoms with Crippen molar-refractivity contribution in [1.82, 2.24) is 15.3 Å². The summed E-state index contributed by atoms with van der Waals surface area (Å²) in [6.07, 6.45) is 2.95. The highest BCUT2D eigenvalue weighted by molar-refractivity contribution is 5.92. The van der Waals surface area contributed by atoms with E-state index in [1.807, 2.05) is 30.3 Å². The van der Waals surface area contributed by atoms with Crippen LogP contribution in [0.2, 0.25) is 0 Å². The highest BCUT2D eigenvalue weighted by atomic mass is 16.3. The fourth-order valence-corrected chi connectivity index (χ4v) is 1.66. The third-order valence-electron chi connectivity index (χ3n) is 2.70. The number of aliphatic hydroxyl groups is 1. The number of aryl methyl sites for hydroxylation is 1. The number of nitrogens with zero attached hydrogens (tertiary/aromatic N) is 2. The summed E-state index contributed by atoms with van der Waals surface area (Å²) >= 11 is 0. The van der Waals surface area contributed by atoms with Gasteiger partial charge >= 0.3 is 0 Å². The highest BCUT2D eigenvalue weighted by Crippen LogP contribution is 2.12. The van der Waals surface area contributed by atoms with Crippen LogP contribution in [0.3, 0.4) is 0 Å². The molecule has 5 heteroatoms. The average Bonchev–Trinajstić information content (AvgIpc) is 2.46. The summed E-state index contributed by atoms with van der Waals surface area (Å²) in [4.78, 5) is 20.0. The van der Waals surface area contributed by atoms with E-state index >= 15 is 0 Å². The molecule has 0 aliphatic heterocycles. The van der Waals surface area contributed by atoms with Crippen molar-refractivity contribution in [1.29, 1.82) is 0 Å². The fourth-order valence-electron chi connectivity index (χ4n) is 1.66. The summed E-state index contributed by atoms with van der Waals surface area (Å²) in [5, 5.41) is 12.1. The van der Waals surface area contributed by atoms with Gasteiger partial charge in [0, 0.05) is 6.20 Å². The van der Waals surface area contributed by atoms with E-state index in [4.69, 9.17) is 0 Å². The van der Waals surface area contributed by atoms with Gasteiger partial charge in [-0.2, -0.15) is 0 Å². The minimum Gasteiger partial charge on any atom is -0.394 e. The molecule has 1 atom stereocenters.